The third-order valence-corrected chi connectivity index (χ3v) is 4.58. The SMILES string of the molecule is COc1ccc(C(=O)C2=CCC3CCC(=O)C23C#N)cc1. The van der Waals surface area contributed by atoms with Crippen LogP contribution in [0, 0.1) is 22.7 Å². The highest BCUT2D eigenvalue weighted by atomic mass is 16.5. The largest absolute Gasteiger partial charge is 0.497 e. The zero-order valence-corrected chi connectivity index (χ0v) is 11.8. The molecule has 0 spiro atoms. The fourth-order valence-corrected chi connectivity index (χ4v) is 3.42. The van der Waals surface area contributed by atoms with Crippen LogP contribution in [0.15, 0.2) is 35.9 Å². The first kappa shape index (κ1) is 13.6. The summed E-state index contributed by atoms with van der Waals surface area (Å²) < 4.78 is 5.07. The number of carbonyl (C=O) groups excluding carboxylic acids is 2. The maximum atomic E-state index is 12.7. The third-order valence-electron chi connectivity index (χ3n) is 4.58. The number of Topliss-reactive ketones (excluding diaryl/α,β-unsaturated/α-hetero) is 2. The van der Waals surface area contributed by atoms with Crippen LogP contribution < -0.4 is 4.74 Å². The molecule has 4 heteroatoms. The van der Waals surface area contributed by atoms with E-state index in [9.17, 15) is 14.9 Å². The molecule has 0 radical (unpaired) electrons. The van der Waals surface area contributed by atoms with Crippen molar-refractivity contribution in [3.63, 3.8) is 0 Å². The second-order valence-electron chi connectivity index (χ2n) is 5.49. The van der Waals surface area contributed by atoms with Crippen LogP contribution in [-0.4, -0.2) is 18.7 Å². The lowest BCUT2D eigenvalue weighted by atomic mass is 9.74. The zero-order valence-electron chi connectivity index (χ0n) is 11.8. The Kier molecular flexibility index (Phi) is 3.13. The Morgan fingerprint density at radius 3 is 2.71 bits per heavy atom. The summed E-state index contributed by atoms with van der Waals surface area (Å²) in [6, 6.07) is 8.89. The molecule has 3 rings (SSSR count). The van der Waals surface area contributed by atoms with E-state index >= 15 is 0 Å². The summed E-state index contributed by atoms with van der Waals surface area (Å²) in [7, 11) is 1.56. The van der Waals surface area contributed by atoms with E-state index in [1.807, 2.05) is 0 Å². The van der Waals surface area contributed by atoms with Crippen molar-refractivity contribution in [2.45, 2.75) is 19.3 Å². The lowest BCUT2D eigenvalue weighted by Crippen LogP contribution is -2.32. The number of hydrogen-bond acceptors (Lipinski definition) is 4. The van der Waals surface area contributed by atoms with Gasteiger partial charge in [0.2, 0.25) is 0 Å². The van der Waals surface area contributed by atoms with Crippen LogP contribution in [0.1, 0.15) is 29.6 Å². The number of carbonyl (C=O) groups is 2. The lowest BCUT2D eigenvalue weighted by molar-refractivity contribution is -0.122. The normalized spacial score (nSPS) is 27.0. The molecule has 2 aliphatic carbocycles. The number of nitriles is 1. The number of nitrogens with zero attached hydrogens (tertiary/aromatic N) is 1. The van der Waals surface area contributed by atoms with Crippen molar-refractivity contribution in [3.05, 3.63) is 41.5 Å². The fourth-order valence-electron chi connectivity index (χ4n) is 3.42. The molecular formula is C17H15NO3. The summed E-state index contributed by atoms with van der Waals surface area (Å²) in [5.41, 5.74) is -0.364. The predicted octanol–water partition coefficient (Wildman–Crippen LogP) is 2.70. The smallest absolute Gasteiger partial charge is 0.190 e. The van der Waals surface area contributed by atoms with Gasteiger partial charge in [-0.2, -0.15) is 5.26 Å². The number of allylic oxidation sites excluding steroid dienone is 2. The second kappa shape index (κ2) is 4.85. The number of fused-ring (bicyclic) bond motifs is 1. The maximum absolute atomic E-state index is 12.7. The summed E-state index contributed by atoms with van der Waals surface area (Å²) >= 11 is 0. The van der Waals surface area contributed by atoms with Gasteiger partial charge in [0.05, 0.1) is 13.2 Å². The average Bonchev–Trinajstić information content (AvgIpc) is 3.05. The predicted molar refractivity (Wildman–Crippen MR) is 75.8 cm³/mol. The molecule has 106 valence electrons. The first-order valence-electron chi connectivity index (χ1n) is 6.97. The van der Waals surface area contributed by atoms with E-state index in [0.29, 0.717) is 36.1 Å². The van der Waals surface area contributed by atoms with Gasteiger partial charge in [-0.05, 0) is 43.0 Å². The van der Waals surface area contributed by atoms with Crippen LogP contribution in [0.25, 0.3) is 0 Å². The van der Waals surface area contributed by atoms with E-state index in [1.165, 1.54) is 0 Å². The van der Waals surface area contributed by atoms with Gasteiger partial charge in [-0.15, -0.1) is 0 Å². The molecule has 1 aromatic rings. The van der Waals surface area contributed by atoms with Gasteiger partial charge in [0.25, 0.3) is 0 Å². The number of ether oxygens (including phenoxy) is 1. The van der Waals surface area contributed by atoms with Gasteiger partial charge in [-0.25, -0.2) is 0 Å². The monoisotopic (exact) mass is 281 g/mol. The Morgan fingerprint density at radius 1 is 1.38 bits per heavy atom. The summed E-state index contributed by atoms with van der Waals surface area (Å²) in [6.45, 7) is 0. The van der Waals surface area contributed by atoms with Crippen LogP contribution in [0.2, 0.25) is 0 Å². The van der Waals surface area contributed by atoms with Crippen LogP contribution in [0.3, 0.4) is 0 Å². The molecule has 1 fully saturated rings. The van der Waals surface area contributed by atoms with Gasteiger partial charge in [0.15, 0.2) is 11.6 Å². The molecule has 0 aliphatic heterocycles. The molecule has 0 aromatic heterocycles. The van der Waals surface area contributed by atoms with Crippen molar-refractivity contribution in [2.24, 2.45) is 11.3 Å². The van der Waals surface area contributed by atoms with Crippen molar-refractivity contribution in [1.29, 1.82) is 5.26 Å². The molecule has 21 heavy (non-hydrogen) atoms. The minimum absolute atomic E-state index is 0.0350. The van der Waals surface area contributed by atoms with Crippen molar-refractivity contribution in [3.8, 4) is 11.8 Å². The molecule has 0 amide bonds. The summed E-state index contributed by atoms with van der Waals surface area (Å²) in [4.78, 5) is 24.9. The number of rotatable bonds is 3. The molecule has 2 aliphatic rings. The zero-order chi connectivity index (χ0) is 15.0. The van der Waals surface area contributed by atoms with Gasteiger partial charge in [0.1, 0.15) is 11.2 Å². The molecule has 4 nitrogen and oxygen atoms in total. The first-order chi connectivity index (χ1) is 10.1. The van der Waals surface area contributed by atoms with Crippen molar-refractivity contribution >= 4 is 11.6 Å². The molecule has 2 unspecified atom stereocenters. The molecule has 0 heterocycles. The number of hydrogen-bond donors (Lipinski definition) is 0. The third kappa shape index (κ3) is 1.81. The Balaban J connectivity index is 1.98. The summed E-state index contributed by atoms with van der Waals surface area (Å²) in [6.07, 6.45) is 3.50. The average molecular weight is 281 g/mol. The van der Waals surface area contributed by atoms with E-state index < -0.39 is 5.41 Å². The molecule has 2 atom stereocenters. The quantitative estimate of drug-likeness (QED) is 0.799. The minimum atomic E-state index is -1.21. The standard InChI is InChI=1S/C17H15NO3/c1-21-13-6-2-11(3-7-13)16(20)14-8-4-12-5-9-15(19)17(12,14)10-18/h2-3,6-8,12H,4-5,9H2,1H3. The number of ketones is 2. The highest BCUT2D eigenvalue weighted by molar-refractivity contribution is 6.15. The Labute approximate surface area is 123 Å². The maximum Gasteiger partial charge on any atom is 0.190 e. The molecule has 1 saturated carbocycles. The Bertz CT molecular complexity index is 681. The highest BCUT2D eigenvalue weighted by Crippen LogP contribution is 2.52. The molecule has 1 aromatic carbocycles. The van der Waals surface area contributed by atoms with Gasteiger partial charge < -0.3 is 4.74 Å². The molecular weight excluding hydrogens is 266 g/mol. The van der Waals surface area contributed by atoms with Gasteiger partial charge in [-0.1, -0.05) is 6.08 Å². The van der Waals surface area contributed by atoms with Crippen LogP contribution in [0.5, 0.6) is 5.75 Å². The molecule has 0 bridgehead atoms. The number of methoxy groups -OCH3 is 1. The minimum Gasteiger partial charge on any atom is -0.497 e. The van der Waals surface area contributed by atoms with Crippen LogP contribution in [0.4, 0.5) is 0 Å². The van der Waals surface area contributed by atoms with E-state index in [2.05, 4.69) is 6.07 Å². The second-order valence-corrected chi connectivity index (χ2v) is 5.49. The van der Waals surface area contributed by atoms with Crippen LogP contribution >= 0.6 is 0 Å². The van der Waals surface area contributed by atoms with E-state index in [-0.39, 0.29) is 17.5 Å². The topological polar surface area (TPSA) is 67.2 Å². The van der Waals surface area contributed by atoms with Crippen LogP contribution in [-0.2, 0) is 4.79 Å². The van der Waals surface area contributed by atoms with E-state index in [4.69, 9.17) is 4.74 Å². The Hall–Kier alpha value is -2.41. The van der Waals surface area contributed by atoms with Crippen molar-refractivity contribution < 1.29 is 14.3 Å². The lowest BCUT2D eigenvalue weighted by Gasteiger charge is -2.22. The van der Waals surface area contributed by atoms with E-state index in [1.54, 1.807) is 37.5 Å². The summed E-state index contributed by atoms with van der Waals surface area (Å²) in [5.74, 6) is 0.293. The van der Waals surface area contributed by atoms with Gasteiger partial charge in [0, 0.05) is 17.6 Å². The van der Waals surface area contributed by atoms with Gasteiger partial charge in [-0.3, -0.25) is 9.59 Å². The molecule has 0 N–H and O–H groups in total. The Morgan fingerprint density at radius 2 is 2.10 bits per heavy atom. The van der Waals surface area contributed by atoms with Crippen molar-refractivity contribution in [1.82, 2.24) is 0 Å². The first-order valence-corrected chi connectivity index (χ1v) is 6.97. The highest BCUT2D eigenvalue weighted by Gasteiger charge is 2.57. The van der Waals surface area contributed by atoms with Gasteiger partial charge >= 0.3 is 0 Å². The fraction of sp³-hybridized carbons (Fsp3) is 0.353. The number of benzene rings is 1. The molecule has 0 saturated heterocycles. The summed E-state index contributed by atoms with van der Waals surface area (Å²) in [5, 5.41) is 9.56. The van der Waals surface area contributed by atoms with Crippen molar-refractivity contribution in [2.75, 3.05) is 7.11 Å². The van der Waals surface area contributed by atoms with E-state index in [0.717, 1.165) is 0 Å².